The van der Waals surface area contributed by atoms with E-state index in [1.54, 1.807) is 6.07 Å². The van der Waals surface area contributed by atoms with Crippen molar-refractivity contribution in [2.45, 2.75) is 43.8 Å². The average molecular weight is 464 g/mol. The normalized spacial score (nSPS) is 15.6. The molecule has 0 radical (unpaired) electrons. The summed E-state index contributed by atoms with van der Waals surface area (Å²) in [6.45, 7) is 5.26. The number of rotatable bonds is 8. The third-order valence-electron chi connectivity index (χ3n) is 6.35. The number of hydrogen-bond donors (Lipinski definition) is 2. The number of nitrogens with zero attached hydrogens (tertiary/aromatic N) is 1. The number of aryl methyl sites for hydroxylation is 1. The zero-order valence-electron chi connectivity index (χ0n) is 19.4. The Hall–Kier alpha value is -2.51. The fourth-order valence-corrected chi connectivity index (χ4v) is 5.56. The highest BCUT2D eigenvalue weighted by molar-refractivity contribution is 7.89. The molecule has 0 bridgehead atoms. The quantitative estimate of drug-likeness (QED) is 0.522. The number of likely N-dealkylation sites (tertiary alicyclic amines) is 1. The number of piperidine rings is 1. The minimum atomic E-state index is -3.58. The van der Waals surface area contributed by atoms with Crippen molar-refractivity contribution in [3.63, 3.8) is 0 Å². The second kappa shape index (κ2) is 10.6. The van der Waals surface area contributed by atoms with Gasteiger partial charge in [0.25, 0.3) is 0 Å². The number of sulfonamides is 1. The average Bonchev–Trinajstić information content (AvgIpc) is 2.83. The maximum absolute atomic E-state index is 12.9. The molecule has 2 N–H and O–H groups in total. The van der Waals surface area contributed by atoms with Gasteiger partial charge in [-0.3, -0.25) is 0 Å². The van der Waals surface area contributed by atoms with Gasteiger partial charge in [-0.1, -0.05) is 60.7 Å². The summed E-state index contributed by atoms with van der Waals surface area (Å²) < 4.78 is 28.4. The Balaban J connectivity index is 1.43. The first-order valence-corrected chi connectivity index (χ1v) is 13.0. The lowest BCUT2D eigenvalue weighted by Gasteiger charge is -2.29. The van der Waals surface area contributed by atoms with Crippen LogP contribution in [-0.2, 0) is 23.1 Å². The lowest BCUT2D eigenvalue weighted by atomic mass is 10.0. The molecule has 0 spiro atoms. The lowest BCUT2D eigenvalue weighted by Crippen LogP contribution is -2.40. The number of benzene rings is 3. The van der Waals surface area contributed by atoms with E-state index in [4.69, 9.17) is 0 Å². The molecule has 1 heterocycles. The first kappa shape index (κ1) is 23.6. The van der Waals surface area contributed by atoms with Crippen LogP contribution in [0.2, 0.25) is 0 Å². The molecule has 3 aromatic carbocycles. The van der Waals surface area contributed by atoms with E-state index in [0.717, 1.165) is 41.9 Å². The predicted molar refractivity (Wildman–Crippen MR) is 134 cm³/mol. The van der Waals surface area contributed by atoms with Crippen LogP contribution in [0.3, 0.4) is 0 Å². The molecule has 0 amide bonds. The minimum absolute atomic E-state index is 0.274. The smallest absolute Gasteiger partial charge is 0.241 e. The van der Waals surface area contributed by atoms with Crippen molar-refractivity contribution in [1.29, 1.82) is 0 Å². The van der Waals surface area contributed by atoms with Crippen LogP contribution >= 0.6 is 0 Å². The molecule has 174 valence electrons. The molecular formula is C27H33N3O2S. The van der Waals surface area contributed by atoms with E-state index in [1.165, 1.54) is 18.4 Å². The summed E-state index contributed by atoms with van der Waals surface area (Å²) >= 11 is 0. The largest absolute Gasteiger partial charge is 0.310 e. The first-order chi connectivity index (χ1) is 15.9. The van der Waals surface area contributed by atoms with Crippen LogP contribution in [0.25, 0.3) is 11.1 Å². The van der Waals surface area contributed by atoms with Gasteiger partial charge in [0.05, 0.1) is 4.90 Å². The molecule has 0 unspecified atom stereocenters. The Bertz CT molecular complexity index is 1170. The Kier molecular flexibility index (Phi) is 7.60. The van der Waals surface area contributed by atoms with Crippen molar-refractivity contribution < 1.29 is 8.42 Å². The summed E-state index contributed by atoms with van der Waals surface area (Å²) in [6, 6.07) is 24.2. The molecule has 0 aromatic heterocycles. The summed E-state index contributed by atoms with van der Waals surface area (Å²) in [7, 11) is -1.41. The Morgan fingerprint density at radius 1 is 0.848 bits per heavy atom. The molecule has 1 saturated heterocycles. The van der Waals surface area contributed by atoms with Crippen molar-refractivity contribution >= 4 is 10.0 Å². The van der Waals surface area contributed by atoms with Gasteiger partial charge in [-0.05, 0) is 79.9 Å². The lowest BCUT2D eigenvalue weighted by molar-refractivity contribution is 0.234. The molecule has 4 rings (SSSR count). The first-order valence-electron chi connectivity index (χ1n) is 11.6. The van der Waals surface area contributed by atoms with Crippen LogP contribution in [0.5, 0.6) is 0 Å². The van der Waals surface area contributed by atoms with E-state index in [-0.39, 0.29) is 6.54 Å². The third kappa shape index (κ3) is 6.30. The maximum Gasteiger partial charge on any atom is 0.241 e. The topological polar surface area (TPSA) is 61.4 Å². The van der Waals surface area contributed by atoms with E-state index < -0.39 is 10.0 Å². The van der Waals surface area contributed by atoms with Crippen molar-refractivity contribution in [2.75, 3.05) is 20.1 Å². The van der Waals surface area contributed by atoms with Crippen molar-refractivity contribution in [3.05, 3.63) is 89.5 Å². The summed E-state index contributed by atoms with van der Waals surface area (Å²) in [5.74, 6) is 0. The van der Waals surface area contributed by atoms with Gasteiger partial charge in [-0.25, -0.2) is 13.1 Å². The second-order valence-corrected chi connectivity index (χ2v) is 10.7. The second-order valence-electron chi connectivity index (χ2n) is 8.95. The van der Waals surface area contributed by atoms with Crippen molar-refractivity contribution in [3.8, 4) is 11.1 Å². The monoisotopic (exact) mass is 463 g/mol. The predicted octanol–water partition coefficient (Wildman–Crippen LogP) is 4.32. The van der Waals surface area contributed by atoms with Crippen molar-refractivity contribution in [2.24, 2.45) is 0 Å². The standard InChI is InChI=1S/C27H33N3O2S/c1-21-17-25(11-12-27(21)33(31,32)29-20-22-7-4-3-5-8-22)24-10-6-9-23(18-24)19-28-26-13-15-30(2)16-14-26/h3-12,17-18,26,28-29H,13-16,19-20H2,1-2H3. The van der Waals surface area contributed by atoms with Crippen LogP contribution in [-0.4, -0.2) is 39.5 Å². The molecule has 1 aliphatic heterocycles. The molecule has 0 aliphatic carbocycles. The number of hydrogen-bond acceptors (Lipinski definition) is 4. The third-order valence-corrected chi connectivity index (χ3v) is 7.91. The van der Waals surface area contributed by atoms with Crippen LogP contribution in [0, 0.1) is 6.92 Å². The molecule has 5 nitrogen and oxygen atoms in total. The zero-order chi connectivity index (χ0) is 23.3. The molecule has 0 atom stereocenters. The fourth-order valence-electron chi connectivity index (χ4n) is 4.32. The van der Waals surface area contributed by atoms with Gasteiger partial charge in [0.15, 0.2) is 0 Å². The summed E-state index contributed by atoms with van der Waals surface area (Å²) in [6.07, 6.45) is 2.37. The summed E-state index contributed by atoms with van der Waals surface area (Å²) in [4.78, 5) is 2.70. The molecular weight excluding hydrogens is 430 g/mol. The van der Waals surface area contributed by atoms with Crippen LogP contribution in [0.1, 0.15) is 29.5 Å². The van der Waals surface area contributed by atoms with E-state index in [9.17, 15) is 8.42 Å². The Morgan fingerprint density at radius 3 is 2.27 bits per heavy atom. The number of nitrogens with one attached hydrogen (secondary N) is 2. The minimum Gasteiger partial charge on any atom is -0.310 e. The van der Waals surface area contributed by atoms with Gasteiger partial charge in [0.2, 0.25) is 10.0 Å². The molecule has 33 heavy (non-hydrogen) atoms. The van der Waals surface area contributed by atoms with E-state index in [1.807, 2.05) is 49.4 Å². The van der Waals surface area contributed by atoms with Gasteiger partial charge < -0.3 is 10.2 Å². The maximum atomic E-state index is 12.9. The van der Waals surface area contributed by atoms with E-state index >= 15 is 0 Å². The van der Waals surface area contributed by atoms with Gasteiger partial charge in [0.1, 0.15) is 0 Å². The molecule has 1 fully saturated rings. The van der Waals surface area contributed by atoms with Crippen LogP contribution < -0.4 is 10.0 Å². The van der Waals surface area contributed by atoms with Crippen LogP contribution in [0.15, 0.2) is 77.7 Å². The summed E-state index contributed by atoms with van der Waals surface area (Å²) in [5, 5.41) is 3.69. The molecule has 0 saturated carbocycles. The van der Waals surface area contributed by atoms with Crippen molar-refractivity contribution in [1.82, 2.24) is 14.9 Å². The molecule has 6 heteroatoms. The van der Waals surface area contributed by atoms with Gasteiger partial charge in [-0.2, -0.15) is 0 Å². The molecule has 3 aromatic rings. The Morgan fingerprint density at radius 2 is 1.55 bits per heavy atom. The van der Waals surface area contributed by atoms with Gasteiger partial charge >= 0.3 is 0 Å². The highest BCUT2D eigenvalue weighted by Gasteiger charge is 2.18. The highest BCUT2D eigenvalue weighted by atomic mass is 32.2. The van der Waals surface area contributed by atoms with Gasteiger partial charge in [-0.15, -0.1) is 0 Å². The zero-order valence-corrected chi connectivity index (χ0v) is 20.2. The Labute approximate surface area is 197 Å². The SMILES string of the molecule is Cc1cc(-c2cccc(CNC3CCN(C)CC3)c2)ccc1S(=O)(=O)NCc1ccccc1. The van der Waals surface area contributed by atoms with Crippen LogP contribution in [0.4, 0.5) is 0 Å². The van der Waals surface area contributed by atoms with Gasteiger partial charge in [0, 0.05) is 19.1 Å². The summed E-state index contributed by atoms with van der Waals surface area (Å²) in [5.41, 5.74) is 5.03. The van der Waals surface area contributed by atoms with E-state index in [0.29, 0.717) is 10.9 Å². The highest BCUT2D eigenvalue weighted by Crippen LogP contribution is 2.26. The fraction of sp³-hybridized carbons (Fsp3) is 0.333. The molecule has 1 aliphatic rings. The van der Waals surface area contributed by atoms with E-state index in [2.05, 4.69) is 46.3 Å².